The van der Waals surface area contributed by atoms with Crippen molar-refractivity contribution in [2.75, 3.05) is 45.7 Å². The highest BCUT2D eigenvalue weighted by Crippen LogP contribution is 2.33. The molecule has 1 aliphatic heterocycles. The summed E-state index contributed by atoms with van der Waals surface area (Å²) in [5, 5.41) is 3.27. The molecule has 1 aromatic carbocycles. The second kappa shape index (κ2) is 8.89. The number of rotatable bonds is 6. The van der Waals surface area contributed by atoms with E-state index in [2.05, 4.69) is 5.32 Å². The molecule has 3 rings (SSSR count). The van der Waals surface area contributed by atoms with Gasteiger partial charge in [-0.25, -0.2) is 0 Å². The number of carbonyl (C=O) groups is 2. The number of benzene rings is 1. The molecular weight excluding hydrogens is 374 g/mol. The van der Waals surface area contributed by atoms with Crippen LogP contribution in [0.4, 0.5) is 5.69 Å². The SMILES string of the molecule is COc1cc(C)c(NC(C)C(=O)N2CCN(C(=O)c3ccco3)CC2)cc1OC. The van der Waals surface area contributed by atoms with Gasteiger partial charge >= 0.3 is 0 Å². The lowest BCUT2D eigenvalue weighted by Crippen LogP contribution is -2.53. The summed E-state index contributed by atoms with van der Waals surface area (Å²) >= 11 is 0. The Balaban J connectivity index is 1.59. The molecule has 8 heteroatoms. The van der Waals surface area contributed by atoms with Crippen LogP contribution in [0.5, 0.6) is 11.5 Å². The Morgan fingerprint density at radius 3 is 2.28 bits per heavy atom. The maximum Gasteiger partial charge on any atom is 0.289 e. The van der Waals surface area contributed by atoms with Crippen molar-refractivity contribution < 1.29 is 23.5 Å². The predicted molar refractivity (Wildman–Crippen MR) is 109 cm³/mol. The van der Waals surface area contributed by atoms with Crippen molar-refractivity contribution in [3.8, 4) is 11.5 Å². The number of piperazine rings is 1. The summed E-state index contributed by atoms with van der Waals surface area (Å²) in [6.45, 7) is 5.71. The molecule has 29 heavy (non-hydrogen) atoms. The van der Waals surface area contributed by atoms with Gasteiger partial charge in [0, 0.05) is 37.9 Å². The highest BCUT2D eigenvalue weighted by atomic mass is 16.5. The molecule has 2 heterocycles. The van der Waals surface area contributed by atoms with E-state index in [1.165, 1.54) is 6.26 Å². The van der Waals surface area contributed by atoms with Crippen molar-refractivity contribution in [2.45, 2.75) is 19.9 Å². The molecular formula is C21H27N3O5. The van der Waals surface area contributed by atoms with Crippen molar-refractivity contribution in [1.29, 1.82) is 0 Å². The number of carbonyl (C=O) groups excluding carboxylic acids is 2. The van der Waals surface area contributed by atoms with Gasteiger partial charge < -0.3 is 29.0 Å². The molecule has 1 saturated heterocycles. The number of ether oxygens (including phenoxy) is 2. The highest BCUT2D eigenvalue weighted by molar-refractivity contribution is 5.92. The Morgan fingerprint density at radius 2 is 1.69 bits per heavy atom. The number of hydrogen-bond donors (Lipinski definition) is 1. The van der Waals surface area contributed by atoms with E-state index >= 15 is 0 Å². The van der Waals surface area contributed by atoms with Crippen LogP contribution in [0.25, 0.3) is 0 Å². The van der Waals surface area contributed by atoms with E-state index in [0.29, 0.717) is 43.4 Å². The lowest BCUT2D eigenvalue weighted by Gasteiger charge is -2.35. The van der Waals surface area contributed by atoms with Gasteiger partial charge in [-0.3, -0.25) is 9.59 Å². The normalized spacial score (nSPS) is 15.0. The summed E-state index contributed by atoms with van der Waals surface area (Å²) in [6, 6.07) is 6.63. The Morgan fingerprint density at radius 1 is 1.07 bits per heavy atom. The average molecular weight is 401 g/mol. The Kier molecular flexibility index (Phi) is 6.31. The smallest absolute Gasteiger partial charge is 0.289 e. The van der Waals surface area contributed by atoms with E-state index in [0.717, 1.165) is 11.3 Å². The minimum atomic E-state index is -0.417. The molecule has 1 unspecified atom stereocenters. The van der Waals surface area contributed by atoms with Crippen molar-refractivity contribution in [3.05, 3.63) is 41.9 Å². The first kappa shape index (κ1) is 20.6. The Bertz CT molecular complexity index is 857. The van der Waals surface area contributed by atoms with Crippen LogP contribution in [0.2, 0.25) is 0 Å². The fourth-order valence-electron chi connectivity index (χ4n) is 3.39. The van der Waals surface area contributed by atoms with Gasteiger partial charge in [0.05, 0.1) is 20.5 Å². The van der Waals surface area contributed by atoms with Gasteiger partial charge in [0.25, 0.3) is 5.91 Å². The van der Waals surface area contributed by atoms with Crippen LogP contribution in [0.3, 0.4) is 0 Å². The van der Waals surface area contributed by atoms with E-state index in [1.54, 1.807) is 36.2 Å². The number of hydrogen-bond acceptors (Lipinski definition) is 6. The first-order valence-electron chi connectivity index (χ1n) is 9.55. The van der Waals surface area contributed by atoms with Crippen LogP contribution in [0.15, 0.2) is 34.9 Å². The molecule has 0 radical (unpaired) electrons. The summed E-state index contributed by atoms with van der Waals surface area (Å²) in [5.41, 5.74) is 1.77. The van der Waals surface area contributed by atoms with Crippen LogP contribution in [-0.2, 0) is 4.79 Å². The summed E-state index contributed by atoms with van der Waals surface area (Å²) in [5.74, 6) is 1.42. The molecule has 1 atom stereocenters. The lowest BCUT2D eigenvalue weighted by molar-refractivity contribution is -0.133. The zero-order valence-corrected chi connectivity index (χ0v) is 17.2. The molecule has 0 saturated carbocycles. The molecule has 0 aliphatic carbocycles. The molecule has 0 bridgehead atoms. The van der Waals surface area contributed by atoms with E-state index in [9.17, 15) is 9.59 Å². The molecule has 2 aromatic rings. The fraction of sp³-hybridized carbons (Fsp3) is 0.429. The van der Waals surface area contributed by atoms with Crippen molar-refractivity contribution in [2.24, 2.45) is 0 Å². The summed E-state index contributed by atoms with van der Waals surface area (Å²) in [6.07, 6.45) is 1.48. The van der Waals surface area contributed by atoms with E-state index in [-0.39, 0.29) is 11.8 Å². The molecule has 1 N–H and O–H groups in total. The van der Waals surface area contributed by atoms with Gasteiger partial charge in [0.15, 0.2) is 17.3 Å². The van der Waals surface area contributed by atoms with Crippen molar-refractivity contribution in [1.82, 2.24) is 9.80 Å². The predicted octanol–water partition coefficient (Wildman–Crippen LogP) is 2.39. The standard InChI is InChI=1S/C21H27N3O5/c1-14-12-18(27-3)19(28-4)13-16(14)22-15(2)20(25)23-7-9-24(10-8-23)21(26)17-6-5-11-29-17/h5-6,11-13,15,22H,7-10H2,1-4H3. The number of anilines is 1. The topological polar surface area (TPSA) is 84.3 Å². The molecule has 1 fully saturated rings. The summed E-state index contributed by atoms with van der Waals surface area (Å²) in [4.78, 5) is 28.7. The van der Waals surface area contributed by atoms with Gasteiger partial charge in [0.2, 0.25) is 5.91 Å². The molecule has 2 amide bonds. The molecule has 1 aliphatic rings. The third-order valence-electron chi connectivity index (χ3n) is 5.08. The van der Waals surface area contributed by atoms with Gasteiger partial charge in [-0.15, -0.1) is 0 Å². The minimum absolute atomic E-state index is 0.00992. The lowest BCUT2D eigenvalue weighted by atomic mass is 10.1. The van der Waals surface area contributed by atoms with Crippen LogP contribution >= 0.6 is 0 Å². The van der Waals surface area contributed by atoms with E-state index in [1.807, 2.05) is 26.0 Å². The van der Waals surface area contributed by atoms with E-state index in [4.69, 9.17) is 13.9 Å². The monoisotopic (exact) mass is 401 g/mol. The molecule has 8 nitrogen and oxygen atoms in total. The second-order valence-corrected chi connectivity index (χ2v) is 6.98. The Hall–Kier alpha value is -3.16. The van der Waals surface area contributed by atoms with Crippen LogP contribution in [-0.4, -0.2) is 68.1 Å². The zero-order chi connectivity index (χ0) is 21.0. The number of methoxy groups -OCH3 is 2. The van der Waals surface area contributed by atoms with Crippen molar-refractivity contribution >= 4 is 17.5 Å². The molecule has 1 aromatic heterocycles. The van der Waals surface area contributed by atoms with Gasteiger partial charge in [-0.1, -0.05) is 0 Å². The number of aryl methyl sites for hydroxylation is 1. The fourth-order valence-corrected chi connectivity index (χ4v) is 3.39. The number of nitrogens with zero attached hydrogens (tertiary/aromatic N) is 2. The number of amides is 2. The maximum absolute atomic E-state index is 12.9. The second-order valence-electron chi connectivity index (χ2n) is 6.98. The zero-order valence-electron chi connectivity index (χ0n) is 17.2. The third-order valence-corrected chi connectivity index (χ3v) is 5.08. The van der Waals surface area contributed by atoms with Gasteiger partial charge in [-0.05, 0) is 37.6 Å². The number of furan rings is 1. The summed E-state index contributed by atoms with van der Waals surface area (Å²) in [7, 11) is 3.17. The third kappa shape index (κ3) is 4.47. The van der Waals surface area contributed by atoms with Gasteiger partial charge in [-0.2, -0.15) is 0 Å². The minimum Gasteiger partial charge on any atom is -0.493 e. The van der Waals surface area contributed by atoms with Crippen LogP contribution in [0, 0.1) is 6.92 Å². The highest BCUT2D eigenvalue weighted by Gasteiger charge is 2.28. The van der Waals surface area contributed by atoms with Crippen molar-refractivity contribution in [3.63, 3.8) is 0 Å². The van der Waals surface area contributed by atoms with E-state index < -0.39 is 6.04 Å². The number of nitrogens with one attached hydrogen (secondary N) is 1. The first-order valence-corrected chi connectivity index (χ1v) is 9.55. The van der Waals surface area contributed by atoms with Crippen LogP contribution < -0.4 is 14.8 Å². The Labute approximate surface area is 170 Å². The van der Waals surface area contributed by atoms with Crippen LogP contribution in [0.1, 0.15) is 23.0 Å². The average Bonchev–Trinajstić information content (AvgIpc) is 3.28. The summed E-state index contributed by atoms with van der Waals surface area (Å²) < 4.78 is 15.8. The van der Waals surface area contributed by atoms with Gasteiger partial charge in [0.1, 0.15) is 6.04 Å². The largest absolute Gasteiger partial charge is 0.493 e. The maximum atomic E-state index is 12.9. The molecule has 156 valence electrons. The first-order chi connectivity index (χ1) is 13.9. The molecule has 0 spiro atoms. The quantitative estimate of drug-likeness (QED) is 0.800.